The Hall–Kier alpha value is -2.70. The van der Waals surface area contributed by atoms with Gasteiger partial charge in [0.2, 0.25) is 0 Å². The number of hydrogen-bond donors (Lipinski definition) is 2. The molecule has 2 aromatic rings. The maximum atomic E-state index is 12.3. The Kier molecular flexibility index (Phi) is 3.62. The molecule has 1 heterocycles. The summed E-state index contributed by atoms with van der Waals surface area (Å²) >= 11 is 0. The van der Waals surface area contributed by atoms with Crippen LogP contribution in [-0.4, -0.2) is 37.5 Å². The normalized spacial score (nSPS) is 16.4. The molecular formula is C15H16N4O3. The van der Waals surface area contributed by atoms with Crippen molar-refractivity contribution in [1.82, 2.24) is 20.3 Å². The van der Waals surface area contributed by atoms with Gasteiger partial charge in [-0.25, -0.2) is 9.48 Å². The second kappa shape index (κ2) is 5.59. The molecule has 0 saturated heterocycles. The fourth-order valence-electron chi connectivity index (χ4n) is 2.73. The van der Waals surface area contributed by atoms with Gasteiger partial charge in [-0.1, -0.05) is 36.3 Å². The molecule has 2 N–H and O–H groups in total. The molecule has 1 aromatic heterocycles. The van der Waals surface area contributed by atoms with E-state index in [0.717, 1.165) is 18.5 Å². The van der Waals surface area contributed by atoms with Crippen LogP contribution in [-0.2, 0) is 4.79 Å². The van der Waals surface area contributed by atoms with Gasteiger partial charge in [0.05, 0.1) is 11.9 Å². The molecule has 3 rings (SSSR count). The maximum absolute atomic E-state index is 12.3. The Balaban J connectivity index is 1.79. The highest BCUT2D eigenvalue weighted by Gasteiger charge is 2.43. The Morgan fingerprint density at radius 3 is 2.50 bits per heavy atom. The van der Waals surface area contributed by atoms with Gasteiger partial charge in [-0.05, 0) is 25.0 Å². The van der Waals surface area contributed by atoms with E-state index < -0.39 is 17.4 Å². The molecule has 1 aliphatic rings. The van der Waals surface area contributed by atoms with Crippen LogP contribution in [0.5, 0.6) is 0 Å². The number of carbonyl (C=O) groups excluding carboxylic acids is 1. The second-order valence-corrected chi connectivity index (χ2v) is 5.43. The molecular weight excluding hydrogens is 284 g/mol. The number of para-hydroxylation sites is 1. The molecule has 7 nitrogen and oxygen atoms in total. The number of rotatable bonds is 4. The van der Waals surface area contributed by atoms with E-state index in [1.165, 1.54) is 10.9 Å². The highest BCUT2D eigenvalue weighted by molar-refractivity contribution is 5.96. The van der Waals surface area contributed by atoms with Gasteiger partial charge in [-0.15, -0.1) is 5.10 Å². The van der Waals surface area contributed by atoms with Crippen LogP contribution in [0.4, 0.5) is 0 Å². The number of nitrogens with one attached hydrogen (secondary N) is 1. The minimum Gasteiger partial charge on any atom is -0.480 e. The Bertz CT molecular complexity index is 690. The Morgan fingerprint density at radius 1 is 1.18 bits per heavy atom. The van der Waals surface area contributed by atoms with Gasteiger partial charge in [0.15, 0.2) is 5.69 Å². The van der Waals surface area contributed by atoms with E-state index in [2.05, 4.69) is 15.6 Å². The summed E-state index contributed by atoms with van der Waals surface area (Å²) in [5.74, 6) is -1.50. The summed E-state index contributed by atoms with van der Waals surface area (Å²) in [5.41, 5.74) is -0.285. The van der Waals surface area contributed by atoms with Crippen LogP contribution in [0.3, 0.4) is 0 Å². The van der Waals surface area contributed by atoms with Crippen molar-refractivity contribution in [2.45, 2.75) is 31.2 Å². The number of aliphatic carboxylic acids is 1. The minimum absolute atomic E-state index is 0.108. The van der Waals surface area contributed by atoms with Crippen molar-refractivity contribution in [2.75, 3.05) is 0 Å². The zero-order valence-electron chi connectivity index (χ0n) is 11.9. The van der Waals surface area contributed by atoms with Crippen molar-refractivity contribution >= 4 is 11.9 Å². The molecule has 0 atom stereocenters. The summed E-state index contributed by atoms with van der Waals surface area (Å²) in [7, 11) is 0. The van der Waals surface area contributed by atoms with Crippen LogP contribution in [0.2, 0.25) is 0 Å². The zero-order chi connectivity index (χ0) is 15.6. The SMILES string of the molecule is O=C(NC1(C(=O)O)CCCC1)c1cn(-c2ccccc2)nn1. The highest BCUT2D eigenvalue weighted by Crippen LogP contribution is 2.30. The summed E-state index contributed by atoms with van der Waals surface area (Å²) in [6.45, 7) is 0. The number of carbonyl (C=O) groups is 2. The van der Waals surface area contributed by atoms with Gasteiger partial charge in [0.25, 0.3) is 5.91 Å². The number of nitrogens with zero attached hydrogens (tertiary/aromatic N) is 3. The molecule has 0 radical (unpaired) electrons. The average molecular weight is 300 g/mol. The molecule has 1 saturated carbocycles. The lowest BCUT2D eigenvalue weighted by Crippen LogP contribution is -2.52. The molecule has 22 heavy (non-hydrogen) atoms. The summed E-state index contributed by atoms with van der Waals surface area (Å²) in [6, 6.07) is 9.27. The van der Waals surface area contributed by atoms with E-state index in [9.17, 15) is 14.7 Å². The van der Waals surface area contributed by atoms with Gasteiger partial charge in [-0.2, -0.15) is 0 Å². The molecule has 0 aliphatic heterocycles. The van der Waals surface area contributed by atoms with Crippen molar-refractivity contribution < 1.29 is 14.7 Å². The molecule has 1 aromatic carbocycles. The van der Waals surface area contributed by atoms with E-state index >= 15 is 0 Å². The largest absolute Gasteiger partial charge is 0.480 e. The summed E-state index contributed by atoms with van der Waals surface area (Å²) in [5, 5.41) is 19.7. The predicted molar refractivity (Wildman–Crippen MR) is 77.7 cm³/mol. The predicted octanol–water partition coefficient (Wildman–Crippen LogP) is 1.39. The first kappa shape index (κ1) is 14.2. The first-order valence-corrected chi connectivity index (χ1v) is 7.14. The molecule has 0 unspecified atom stereocenters. The van der Waals surface area contributed by atoms with Gasteiger partial charge >= 0.3 is 5.97 Å². The lowest BCUT2D eigenvalue weighted by atomic mass is 9.98. The Morgan fingerprint density at radius 2 is 1.86 bits per heavy atom. The van der Waals surface area contributed by atoms with Crippen molar-refractivity contribution in [3.8, 4) is 5.69 Å². The van der Waals surface area contributed by atoms with Gasteiger partial charge in [0, 0.05) is 0 Å². The van der Waals surface area contributed by atoms with E-state index in [4.69, 9.17) is 0 Å². The smallest absolute Gasteiger partial charge is 0.329 e. The number of benzene rings is 1. The van der Waals surface area contributed by atoms with E-state index in [1.807, 2.05) is 30.3 Å². The third-order valence-electron chi connectivity index (χ3n) is 3.97. The monoisotopic (exact) mass is 300 g/mol. The molecule has 1 amide bonds. The number of carboxylic acid groups (broad SMARTS) is 1. The topological polar surface area (TPSA) is 97.1 Å². The number of carboxylic acids is 1. The molecule has 1 aliphatic carbocycles. The van der Waals surface area contributed by atoms with Crippen molar-refractivity contribution in [1.29, 1.82) is 0 Å². The molecule has 114 valence electrons. The van der Waals surface area contributed by atoms with Gasteiger partial charge in [-0.3, -0.25) is 4.79 Å². The average Bonchev–Trinajstić information content (AvgIpc) is 3.18. The third-order valence-corrected chi connectivity index (χ3v) is 3.97. The number of hydrogen-bond acceptors (Lipinski definition) is 4. The van der Waals surface area contributed by atoms with E-state index in [0.29, 0.717) is 12.8 Å². The standard InChI is InChI=1S/C15H16N4O3/c20-13(16-15(14(21)22)8-4-5-9-15)12-10-19(18-17-12)11-6-2-1-3-7-11/h1-3,6-7,10H,4-5,8-9H2,(H,16,20)(H,21,22). The second-order valence-electron chi connectivity index (χ2n) is 5.43. The highest BCUT2D eigenvalue weighted by atomic mass is 16.4. The number of amides is 1. The molecule has 0 bridgehead atoms. The fourth-order valence-corrected chi connectivity index (χ4v) is 2.73. The quantitative estimate of drug-likeness (QED) is 0.889. The first-order valence-electron chi connectivity index (χ1n) is 7.14. The number of aromatic nitrogens is 3. The van der Waals surface area contributed by atoms with Gasteiger partial charge in [0.1, 0.15) is 5.54 Å². The molecule has 7 heteroatoms. The van der Waals surface area contributed by atoms with Crippen molar-refractivity contribution in [3.63, 3.8) is 0 Å². The van der Waals surface area contributed by atoms with Crippen LogP contribution in [0.1, 0.15) is 36.2 Å². The van der Waals surface area contributed by atoms with Crippen LogP contribution in [0, 0.1) is 0 Å². The lowest BCUT2D eigenvalue weighted by molar-refractivity contribution is -0.144. The summed E-state index contributed by atoms with van der Waals surface area (Å²) < 4.78 is 1.48. The van der Waals surface area contributed by atoms with Crippen LogP contribution >= 0.6 is 0 Å². The van der Waals surface area contributed by atoms with Crippen LogP contribution in [0.25, 0.3) is 5.69 Å². The van der Waals surface area contributed by atoms with Crippen LogP contribution in [0.15, 0.2) is 36.5 Å². The van der Waals surface area contributed by atoms with Crippen LogP contribution < -0.4 is 5.32 Å². The molecule has 1 fully saturated rings. The van der Waals surface area contributed by atoms with E-state index in [-0.39, 0.29) is 5.69 Å². The van der Waals surface area contributed by atoms with Crippen molar-refractivity contribution in [2.24, 2.45) is 0 Å². The minimum atomic E-state index is -1.17. The first-order chi connectivity index (χ1) is 10.6. The fraction of sp³-hybridized carbons (Fsp3) is 0.333. The van der Waals surface area contributed by atoms with Crippen molar-refractivity contribution in [3.05, 3.63) is 42.2 Å². The Labute approximate surface area is 126 Å². The lowest BCUT2D eigenvalue weighted by Gasteiger charge is -2.24. The van der Waals surface area contributed by atoms with Gasteiger partial charge < -0.3 is 10.4 Å². The summed E-state index contributed by atoms with van der Waals surface area (Å²) in [6.07, 6.45) is 3.98. The third kappa shape index (κ3) is 2.57. The molecule has 0 spiro atoms. The van der Waals surface area contributed by atoms with E-state index in [1.54, 1.807) is 0 Å². The zero-order valence-corrected chi connectivity index (χ0v) is 11.9. The summed E-state index contributed by atoms with van der Waals surface area (Å²) in [4.78, 5) is 23.7. The maximum Gasteiger partial charge on any atom is 0.329 e.